The van der Waals surface area contributed by atoms with Gasteiger partial charge in [0.15, 0.2) is 8.32 Å². The zero-order valence-electron chi connectivity index (χ0n) is 10.7. The van der Waals surface area contributed by atoms with Crippen molar-refractivity contribution < 1.29 is 9.22 Å². The first-order valence-corrected chi connectivity index (χ1v) is 9.36. The minimum absolute atomic E-state index is 0.123. The molecule has 0 heterocycles. The van der Waals surface area contributed by atoms with Gasteiger partial charge in [0.05, 0.1) is 5.60 Å². The van der Waals surface area contributed by atoms with Gasteiger partial charge in [0.2, 0.25) is 0 Å². The van der Waals surface area contributed by atoms with Crippen LogP contribution in [0, 0.1) is 5.92 Å². The van der Waals surface area contributed by atoms with Gasteiger partial charge in [-0.15, -0.1) is 0 Å². The second-order valence-electron chi connectivity index (χ2n) is 6.08. The molecule has 1 rings (SSSR count). The minimum atomic E-state index is -1.56. The lowest BCUT2D eigenvalue weighted by molar-refractivity contribution is -0.131. The summed E-state index contributed by atoms with van der Waals surface area (Å²) in [6, 6.07) is 0. The standard InChI is InChI=1S/C12H24O2Si/c1-12(2,14-15(3,4)5)10-8-6-7-9-11(10)13/h10H,6-9H2,1-5H3. The van der Waals surface area contributed by atoms with Gasteiger partial charge in [0.25, 0.3) is 0 Å². The first-order chi connectivity index (χ1) is 6.72. The van der Waals surface area contributed by atoms with Crippen molar-refractivity contribution in [3.8, 4) is 0 Å². The van der Waals surface area contributed by atoms with Gasteiger partial charge in [0.1, 0.15) is 5.78 Å². The minimum Gasteiger partial charge on any atom is -0.412 e. The Balaban J connectivity index is 2.70. The summed E-state index contributed by atoms with van der Waals surface area (Å²) in [5, 5.41) is 0. The molecule has 15 heavy (non-hydrogen) atoms. The topological polar surface area (TPSA) is 26.3 Å². The Morgan fingerprint density at radius 1 is 1.27 bits per heavy atom. The number of hydrogen-bond acceptors (Lipinski definition) is 2. The Morgan fingerprint density at radius 3 is 2.33 bits per heavy atom. The van der Waals surface area contributed by atoms with Crippen LogP contribution in [0.4, 0.5) is 0 Å². The van der Waals surface area contributed by atoms with Crippen LogP contribution in [0.25, 0.3) is 0 Å². The highest BCUT2D eigenvalue weighted by Gasteiger charge is 2.39. The van der Waals surface area contributed by atoms with Crippen LogP contribution in [0.2, 0.25) is 19.6 Å². The van der Waals surface area contributed by atoms with E-state index in [1.807, 2.05) is 0 Å². The summed E-state index contributed by atoms with van der Waals surface area (Å²) in [7, 11) is -1.56. The molecule has 3 heteroatoms. The number of rotatable bonds is 3. The first kappa shape index (κ1) is 12.9. The maximum atomic E-state index is 11.9. The van der Waals surface area contributed by atoms with Gasteiger partial charge in [-0.2, -0.15) is 0 Å². The van der Waals surface area contributed by atoms with Crippen molar-refractivity contribution in [2.75, 3.05) is 0 Å². The molecule has 88 valence electrons. The van der Waals surface area contributed by atoms with Crippen molar-refractivity contribution in [3.05, 3.63) is 0 Å². The number of hydrogen-bond donors (Lipinski definition) is 0. The summed E-state index contributed by atoms with van der Waals surface area (Å²) in [6.45, 7) is 10.7. The van der Waals surface area contributed by atoms with Crippen molar-refractivity contribution in [2.24, 2.45) is 5.92 Å². The van der Waals surface area contributed by atoms with Crippen LogP contribution in [0.5, 0.6) is 0 Å². The zero-order chi connectivity index (χ0) is 11.7. The van der Waals surface area contributed by atoms with E-state index in [0.717, 1.165) is 19.3 Å². The smallest absolute Gasteiger partial charge is 0.184 e. The molecule has 0 radical (unpaired) electrons. The highest BCUT2D eigenvalue weighted by atomic mass is 28.4. The summed E-state index contributed by atoms with van der Waals surface area (Å²) in [6.07, 6.45) is 4.01. The summed E-state index contributed by atoms with van der Waals surface area (Å²) >= 11 is 0. The highest BCUT2D eigenvalue weighted by Crippen LogP contribution is 2.34. The molecule has 0 spiro atoms. The molecular weight excluding hydrogens is 204 g/mol. The predicted molar refractivity (Wildman–Crippen MR) is 65.5 cm³/mol. The van der Waals surface area contributed by atoms with Crippen LogP contribution in [-0.2, 0) is 9.22 Å². The van der Waals surface area contributed by atoms with Crippen LogP contribution < -0.4 is 0 Å². The van der Waals surface area contributed by atoms with Crippen LogP contribution in [-0.4, -0.2) is 19.7 Å². The molecule has 1 atom stereocenters. The quantitative estimate of drug-likeness (QED) is 0.692. The maximum absolute atomic E-state index is 11.9. The molecule has 0 aromatic heterocycles. The average molecular weight is 228 g/mol. The largest absolute Gasteiger partial charge is 0.412 e. The van der Waals surface area contributed by atoms with Crippen LogP contribution in [0.15, 0.2) is 0 Å². The Bertz CT molecular complexity index is 240. The summed E-state index contributed by atoms with van der Waals surface area (Å²) in [5.41, 5.74) is -0.262. The van der Waals surface area contributed by atoms with Crippen LogP contribution >= 0.6 is 0 Å². The molecule has 0 aliphatic heterocycles. The molecule has 1 saturated carbocycles. The summed E-state index contributed by atoms with van der Waals surface area (Å²) in [5.74, 6) is 0.530. The monoisotopic (exact) mass is 228 g/mol. The molecule has 0 aromatic carbocycles. The Kier molecular flexibility index (Phi) is 3.77. The van der Waals surface area contributed by atoms with Gasteiger partial charge in [-0.3, -0.25) is 4.79 Å². The molecule has 0 aromatic rings. The van der Waals surface area contributed by atoms with Crippen molar-refractivity contribution in [1.29, 1.82) is 0 Å². The molecule has 2 nitrogen and oxygen atoms in total. The Morgan fingerprint density at radius 2 is 1.87 bits per heavy atom. The molecule has 1 aliphatic carbocycles. The second-order valence-corrected chi connectivity index (χ2v) is 10.5. The van der Waals surface area contributed by atoms with Crippen LogP contribution in [0.3, 0.4) is 0 Å². The van der Waals surface area contributed by atoms with Gasteiger partial charge in [0, 0.05) is 12.3 Å². The average Bonchev–Trinajstić information content (AvgIpc) is 1.99. The van der Waals surface area contributed by atoms with Crippen molar-refractivity contribution in [2.45, 2.75) is 64.8 Å². The van der Waals surface area contributed by atoms with Gasteiger partial charge in [-0.05, 0) is 46.3 Å². The molecule has 0 saturated heterocycles. The van der Waals surface area contributed by atoms with E-state index in [1.165, 1.54) is 6.42 Å². The lowest BCUT2D eigenvalue weighted by Gasteiger charge is -2.40. The third-order valence-electron chi connectivity index (χ3n) is 2.96. The van der Waals surface area contributed by atoms with E-state index in [-0.39, 0.29) is 11.5 Å². The Hall–Kier alpha value is -0.153. The molecule has 1 aliphatic rings. The summed E-state index contributed by atoms with van der Waals surface area (Å²) < 4.78 is 6.15. The molecular formula is C12H24O2Si. The fraction of sp³-hybridized carbons (Fsp3) is 0.917. The van der Waals surface area contributed by atoms with Gasteiger partial charge in [-0.25, -0.2) is 0 Å². The third kappa shape index (κ3) is 3.72. The normalized spacial score (nSPS) is 24.3. The molecule has 0 N–H and O–H groups in total. The number of carbonyl (C=O) groups excluding carboxylic acids is 1. The van der Waals surface area contributed by atoms with Gasteiger partial charge in [-0.1, -0.05) is 6.42 Å². The SMILES string of the molecule is CC(C)(O[Si](C)(C)C)C1CCCCC1=O. The second kappa shape index (κ2) is 4.38. The van der Waals surface area contributed by atoms with E-state index in [9.17, 15) is 4.79 Å². The van der Waals surface area contributed by atoms with Gasteiger partial charge >= 0.3 is 0 Å². The molecule has 1 unspecified atom stereocenters. The van der Waals surface area contributed by atoms with Crippen molar-refractivity contribution in [1.82, 2.24) is 0 Å². The van der Waals surface area contributed by atoms with Crippen molar-refractivity contribution >= 4 is 14.1 Å². The van der Waals surface area contributed by atoms with Gasteiger partial charge < -0.3 is 4.43 Å². The number of Topliss-reactive ketones (excluding diaryl/α,β-unsaturated/α-hetero) is 1. The first-order valence-electron chi connectivity index (χ1n) is 5.95. The van der Waals surface area contributed by atoms with E-state index in [1.54, 1.807) is 0 Å². The third-order valence-corrected chi connectivity index (χ3v) is 4.10. The fourth-order valence-corrected chi connectivity index (χ4v) is 4.30. The lowest BCUT2D eigenvalue weighted by Crippen LogP contribution is -2.47. The molecule has 1 fully saturated rings. The van der Waals surface area contributed by atoms with E-state index in [2.05, 4.69) is 33.5 Å². The maximum Gasteiger partial charge on any atom is 0.184 e. The predicted octanol–water partition coefficient (Wildman–Crippen LogP) is 3.38. The van der Waals surface area contributed by atoms with E-state index < -0.39 is 8.32 Å². The molecule has 0 bridgehead atoms. The van der Waals surface area contributed by atoms with Crippen LogP contribution in [0.1, 0.15) is 39.5 Å². The summed E-state index contributed by atoms with van der Waals surface area (Å²) in [4.78, 5) is 11.9. The molecule has 0 amide bonds. The van der Waals surface area contributed by atoms with E-state index in [4.69, 9.17) is 4.43 Å². The van der Waals surface area contributed by atoms with Crippen molar-refractivity contribution in [3.63, 3.8) is 0 Å². The number of carbonyl (C=O) groups is 1. The number of ketones is 1. The van der Waals surface area contributed by atoms with E-state index >= 15 is 0 Å². The van der Waals surface area contributed by atoms with E-state index in [0.29, 0.717) is 5.78 Å². The zero-order valence-corrected chi connectivity index (χ0v) is 11.7. The Labute approximate surface area is 94.5 Å². The lowest BCUT2D eigenvalue weighted by atomic mass is 9.78. The highest BCUT2D eigenvalue weighted by molar-refractivity contribution is 6.69. The fourth-order valence-electron chi connectivity index (χ4n) is 2.58.